The van der Waals surface area contributed by atoms with Crippen LogP contribution >= 0.6 is 0 Å². The van der Waals surface area contributed by atoms with Gasteiger partial charge in [-0.15, -0.1) is 0 Å². The van der Waals surface area contributed by atoms with E-state index in [4.69, 9.17) is 4.42 Å². The maximum absolute atomic E-state index is 12.4. The van der Waals surface area contributed by atoms with Gasteiger partial charge in [-0.3, -0.25) is 9.78 Å². The van der Waals surface area contributed by atoms with E-state index in [-0.39, 0.29) is 11.9 Å². The molecule has 0 saturated heterocycles. The molecular weight excluding hydrogens is 242 g/mol. The molecule has 0 fully saturated rings. The summed E-state index contributed by atoms with van der Waals surface area (Å²) in [5.74, 6) is 0.610. The Bertz CT molecular complexity index is 578. The van der Waals surface area contributed by atoms with Gasteiger partial charge in [0, 0.05) is 20.2 Å². The van der Waals surface area contributed by atoms with E-state index >= 15 is 0 Å². The molecule has 0 saturated carbocycles. The van der Waals surface area contributed by atoms with Gasteiger partial charge in [-0.25, -0.2) is 4.98 Å². The number of carbonyl (C=O) groups excluding carboxylic acids is 1. The van der Waals surface area contributed by atoms with Crippen molar-refractivity contribution in [3.05, 3.63) is 47.4 Å². The van der Waals surface area contributed by atoms with Gasteiger partial charge in [0.25, 0.3) is 5.91 Å². The molecule has 100 valence electrons. The zero-order valence-corrected chi connectivity index (χ0v) is 11.5. The molecule has 0 spiro atoms. The summed E-state index contributed by atoms with van der Waals surface area (Å²) in [4.78, 5) is 22.3. The highest BCUT2D eigenvalue weighted by Crippen LogP contribution is 2.20. The molecule has 0 aliphatic heterocycles. The van der Waals surface area contributed by atoms with E-state index in [1.165, 1.54) is 0 Å². The maximum Gasteiger partial charge on any atom is 0.291 e. The van der Waals surface area contributed by atoms with Crippen LogP contribution in [0.1, 0.15) is 40.8 Å². The second-order valence-electron chi connectivity index (χ2n) is 4.49. The van der Waals surface area contributed by atoms with E-state index in [0.717, 1.165) is 5.69 Å². The van der Waals surface area contributed by atoms with Crippen molar-refractivity contribution >= 4 is 5.91 Å². The van der Waals surface area contributed by atoms with Crippen molar-refractivity contribution in [2.45, 2.75) is 26.8 Å². The summed E-state index contributed by atoms with van der Waals surface area (Å²) < 4.78 is 5.36. The number of carbonyl (C=O) groups is 1. The van der Waals surface area contributed by atoms with Gasteiger partial charge in [-0.05, 0) is 26.0 Å². The van der Waals surface area contributed by atoms with Gasteiger partial charge in [-0.2, -0.15) is 0 Å². The van der Waals surface area contributed by atoms with Gasteiger partial charge in [-0.1, -0.05) is 6.07 Å². The molecule has 5 nitrogen and oxygen atoms in total. The van der Waals surface area contributed by atoms with E-state index in [1.807, 2.05) is 25.1 Å². The average Bonchev–Trinajstić information content (AvgIpc) is 2.76. The predicted molar refractivity (Wildman–Crippen MR) is 70.7 cm³/mol. The largest absolute Gasteiger partial charge is 0.436 e. The standard InChI is InChI=1S/C14H17N3O2/c1-9-13(19-11(3)16-9)14(18)17(4)10(2)12-7-5-6-8-15-12/h5-8,10H,1-4H3. The first-order valence-electron chi connectivity index (χ1n) is 6.13. The Balaban J connectivity index is 2.22. The average molecular weight is 259 g/mol. The number of aromatic nitrogens is 2. The summed E-state index contributed by atoms with van der Waals surface area (Å²) >= 11 is 0. The molecule has 5 heteroatoms. The molecule has 2 rings (SSSR count). The normalized spacial score (nSPS) is 12.2. The van der Waals surface area contributed by atoms with Gasteiger partial charge in [0.2, 0.25) is 5.76 Å². The van der Waals surface area contributed by atoms with Crippen LogP contribution in [0.4, 0.5) is 0 Å². The van der Waals surface area contributed by atoms with Crippen molar-refractivity contribution in [3.63, 3.8) is 0 Å². The van der Waals surface area contributed by atoms with E-state index in [2.05, 4.69) is 9.97 Å². The van der Waals surface area contributed by atoms with Gasteiger partial charge >= 0.3 is 0 Å². The molecule has 0 aliphatic carbocycles. The van der Waals surface area contributed by atoms with E-state index < -0.39 is 0 Å². The third kappa shape index (κ3) is 2.65. The summed E-state index contributed by atoms with van der Waals surface area (Å²) in [5, 5.41) is 0. The molecule has 0 aromatic carbocycles. The van der Waals surface area contributed by atoms with E-state index in [0.29, 0.717) is 17.3 Å². The van der Waals surface area contributed by atoms with Crippen molar-refractivity contribution in [2.24, 2.45) is 0 Å². The van der Waals surface area contributed by atoms with Crippen LogP contribution in [0.15, 0.2) is 28.8 Å². The molecule has 2 aromatic heterocycles. The summed E-state index contributed by atoms with van der Waals surface area (Å²) in [7, 11) is 1.74. The molecule has 19 heavy (non-hydrogen) atoms. The van der Waals surface area contributed by atoms with Gasteiger partial charge in [0.15, 0.2) is 5.89 Å². The Morgan fingerprint density at radius 1 is 1.37 bits per heavy atom. The van der Waals surface area contributed by atoms with Crippen LogP contribution in [0.25, 0.3) is 0 Å². The van der Waals surface area contributed by atoms with Crippen LogP contribution in [0.5, 0.6) is 0 Å². The molecule has 1 unspecified atom stereocenters. The zero-order valence-electron chi connectivity index (χ0n) is 11.5. The second kappa shape index (κ2) is 5.22. The molecule has 0 N–H and O–H groups in total. The Labute approximate surface area is 112 Å². The fourth-order valence-electron chi connectivity index (χ4n) is 1.89. The van der Waals surface area contributed by atoms with Crippen LogP contribution in [0, 0.1) is 13.8 Å². The topological polar surface area (TPSA) is 59.2 Å². The first-order chi connectivity index (χ1) is 9.00. The Morgan fingerprint density at radius 2 is 2.11 bits per heavy atom. The predicted octanol–water partition coefficient (Wildman–Crippen LogP) is 2.52. The summed E-state index contributed by atoms with van der Waals surface area (Å²) in [6.45, 7) is 5.42. The fraction of sp³-hybridized carbons (Fsp3) is 0.357. The lowest BCUT2D eigenvalue weighted by Crippen LogP contribution is -2.30. The number of rotatable bonds is 3. The molecule has 0 bridgehead atoms. The Morgan fingerprint density at radius 3 is 2.63 bits per heavy atom. The van der Waals surface area contributed by atoms with E-state index in [1.54, 1.807) is 32.0 Å². The smallest absolute Gasteiger partial charge is 0.291 e. The highest BCUT2D eigenvalue weighted by Gasteiger charge is 2.24. The molecule has 2 aromatic rings. The number of hydrogen-bond donors (Lipinski definition) is 0. The second-order valence-corrected chi connectivity index (χ2v) is 4.49. The number of aryl methyl sites for hydroxylation is 2. The third-order valence-electron chi connectivity index (χ3n) is 3.11. The Kier molecular flexibility index (Phi) is 3.64. The number of amides is 1. The molecule has 0 radical (unpaired) electrons. The minimum Gasteiger partial charge on any atom is -0.436 e. The first kappa shape index (κ1) is 13.3. The molecular formula is C14H17N3O2. The number of oxazole rings is 1. The van der Waals surface area contributed by atoms with Crippen molar-refractivity contribution < 1.29 is 9.21 Å². The minimum atomic E-state index is -0.184. The molecule has 0 aliphatic rings. The van der Waals surface area contributed by atoms with Crippen molar-refractivity contribution in [2.75, 3.05) is 7.05 Å². The summed E-state index contributed by atoms with van der Waals surface area (Å²) in [6, 6.07) is 5.52. The highest BCUT2D eigenvalue weighted by molar-refractivity contribution is 5.92. The zero-order chi connectivity index (χ0) is 14.0. The highest BCUT2D eigenvalue weighted by atomic mass is 16.4. The lowest BCUT2D eigenvalue weighted by Gasteiger charge is -2.23. The Hall–Kier alpha value is -2.17. The van der Waals surface area contributed by atoms with Crippen LogP contribution < -0.4 is 0 Å². The van der Waals surface area contributed by atoms with Crippen LogP contribution in [0.2, 0.25) is 0 Å². The number of pyridine rings is 1. The van der Waals surface area contributed by atoms with Crippen LogP contribution in [-0.4, -0.2) is 27.8 Å². The number of nitrogens with zero attached hydrogens (tertiary/aromatic N) is 3. The van der Waals surface area contributed by atoms with Gasteiger partial charge in [0.05, 0.1) is 17.4 Å². The quantitative estimate of drug-likeness (QED) is 0.849. The minimum absolute atomic E-state index is 0.126. The van der Waals surface area contributed by atoms with Crippen molar-refractivity contribution in [1.82, 2.24) is 14.9 Å². The molecule has 1 atom stereocenters. The maximum atomic E-state index is 12.4. The van der Waals surface area contributed by atoms with Gasteiger partial charge < -0.3 is 9.32 Å². The monoisotopic (exact) mass is 259 g/mol. The van der Waals surface area contributed by atoms with Crippen molar-refractivity contribution in [3.8, 4) is 0 Å². The lowest BCUT2D eigenvalue weighted by atomic mass is 10.2. The fourth-order valence-corrected chi connectivity index (χ4v) is 1.89. The summed E-state index contributed by atoms with van der Waals surface area (Å²) in [5.41, 5.74) is 1.45. The lowest BCUT2D eigenvalue weighted by molar-refractivity contribution is 0.0705. The van der Waals surface area contributed by atoms with E-state index in [9.17, 15) is 4.79 Å². The van der Waals surface area contributed by atoms with Crippen LogP contribution in [-0.2, 0) is 0 Å². The first-order valence-corrected chi connectivity index (χ1v) is 6.13. The molecule has 1 amide bonds. The van der Waals surface area contributed by atoms with Crippen LogP contribution in [0.3, 0.4) is 0 Å². The summed E-state index contributed by atoms with van der Waals surface area (Å²) in [6.07, 6.45) is 1.72. The third-order valence-corrected chi connectivity index (χ3v) is 3.11. The van der Waals surface area contributed by atoms with Crippen molar-refractivity contribution in [1.29, 1.82) is 0 Å². The van der Waals surface area contributed by atoms with Gasteiger partial charge in [0.1, 0.15) is 0 Å². The SMILES string of the molecule is Cc1nc(C)c(C(=O)N(C)C(C)c2ccccn2)o1. The molecule has 2 heterocycles. The number of hydrogen-bond acceptors (Lipinski definition) is 4.